The fourth-order valence-corrected chi connectivity index (χ4v) is 4.83. The Kier molecular flexibility index (Phi) is 4.88. The smallest absolute Gasteiger partial charge is 0.366 e. The van der Waals surface area contributed by atoms with E-state index in [1.54, 1.807) is 13.8 Å². The van der Waals surface area contributed by atoms with Crippen molar-refractivity contribution in [1.29, 1.82) is 0 Å². The summed E-state index contributed by atoms with van der Waals surface area (Å²) in [5.74, 6) is 0. The molecule has 2 unspecified atom stereocenters. The molecule has 1 N–H and O–H groups in total. The summed E-state index contributed by atoms with van der Waals surface area (Å²) in [7, 11) is -3.60. The number of hydrogen-bond donors (Lipinski definition) is 1. The van der Waals surface area contributed by atoms with Gasteiger partial charge in [-0.05, 0) is 19.4 Å². The summed E-state index contributed by atoms with van der Waals surface area (Å²) < 4.78 is 23.7. The second-order valence-electron chi connectivity index (χ2n) is 5.51. The summed E-state index contributed by atoms with van der Waals surface area (Å²) in [6.07, 6.45) is 0.0460. The lowest BCUT2D eigenvalue weighted by atomic mass is 10.0. The molecule has 8 heteroatoms. The molecule has 130 valence electrons. The van der Waals surface area contributed by atoms with Gasteiger partial charge in [0.15, 0.2) is 6.10 Å². The minimum absolute atomic E-state index is 0.207. The molecule has 0 amide bonds. The lowest BCUT2D eigenvalue weighted by Gasteiger charge is -2.24. The summed E-state index contributed by atoms with van der Waals surface area (Å²) in [4.78, 5) is 9.75. The zero-order valence-corrected chi connectivity index (χ0v) is 14.6. The molecular weight excluding hydrogens is 331 g/mol. The van der Waals surface area contributed by atoms with Crippen LogP contribution in [-0.2, 0) is 18.5 Å². The number of nitrogens with zero attached hydrogens (tertiary/aromatic N) is 2. The molecule has 24 heavy (non-hydrogen) atoms. The average molecular weight is 352 g/mol. The van der Waals surface area contributed by atoms with Crippen LogP contribution in [0.2, 0.25) is 0 Å². The fourth-order valence-electron chi connectivity index (χ4n) is 2.82. The van der Waals surface area contributed by atoms with Gasteiger partial charge in [-0.3, -0.25) is 9.56 Å². The minimum atomic E-state index is -3.60. The van der Waals surface area contributed by atoms with E-state index in [2.05, 4.69) is 10.1 Å². The van der Waals surface area contributed by atoms with Crippen molar-refractivity contribution in [3.63, 3.8) is 0 Å². The van der Waals surface area contributed by atoms with Crippen molar-refractivity contribution >= 4 is 19.0 Å². The van der Waals surface area contributed by atoms with Gasteiger partial charge in [-0.1, -0.05) is 35.5 Å². The highest BCUT2D eigenvalue weighted by atomic mass is 31.2. The Morgan fingerprint density at radius 3 is 2.54 bits per heavy atom. The van der Waals surface area contributed by atoms with Crippen LogP contribution in [-0.4, -0.2) is 47.7 Å². The lowest BCUT2D eigenvalue weighted by molar-refractivity contribution is 0.131. The quantitative estimate of drug-likeness (QED) is 0.726. The molecule has 1 aromatic carbocycles. The van der Waals surface area contributed by atoms with Gasteiger partial charge in [-0.15, -0.1) is 0 Å². The van der Waals surface area contributed by atoms with Crippen molar-refractivity contribution in [3.05, 3.63) is 35.9 Å². The van der Waals surface area contributed by atoms with E-state index in [1.165, 1.54) is 0 Å². The SMILES string of the molecule is CCOP(=O)(OCC)C1(CO)N=C1C1CC(c2ccccc2)=NO1. The van der Waals surface area contributed by atoms with Crippen LogP contribution in [0.3, 0.4) is 0 Å². The highest BCUT2D eigenvalue weighted by Gasteiger charge is 2.66. The van der Waals surface area contributed by atoms with Crippen molar-refractivity contribution in [1.82, 2.24) is 0 Å². The van der Waals surface area contributed by atoms with E-state index in [0.29, 0.717) is 12.1 Å². The Bertz CT molecular complexity index is 696. The van der Waals surface area contributed by atoms with Crippen LogP contribution in [0, 0.1) is 0 Å². The summed E-state index contributed by atoms with van der Waals surface area (Å²) in [6.45, 7) is 3.42. The monoisotopic (exact) mass is 352 g/mol. The zero-order valence-electron chi connectivity index (χ0n) is 13.7. The van der Waals surface area contributed by atoms with Gasteiger partial charge >= 0.3 is 7.60 Å². The van der Waals surface area contributed by atoms with Crippen LogP contribution in [0.4, 0.5) is 0 Å². The van der Waals surface area contributed by atoms with Gasteiger partial charge in [0.25, 0.3) is 0 Å². The summed E-state index contributed by atoms with van der Waals surface area (Å²) in [6, 6.07) is 9.68. The van der Waals surface area contributed by atoms with Crippen LogP contribution in [0.25, 0.3) is 0 Å². The van der Waals surface area contributed by atoms with Crippen LogP contribution in [0.1, 0.15) is 25.8 Å². The molecule has 0 aromatic heterocycles. The first-order chi connectivity index (χ1) is 11.6. The number of hydrogen-bond acceptors (Lipinski definition) is 7. The number of aliphatic hydroxyl groups is 1. The van der Waals surface area contributed by atoms with E-state index < -0.39 is 25.6 Å². The second-order valence-corrected chi connectivity index (χ2v) is 7.76. The topological polar surface area (TPSA) is 89.7 Å². The number of benzene rings is 1. The maximum Gasteiger partial charge on any atom is 0.366 e. The molecule has 2 atom stereocenters. The Morgan fingerprint density at radius 2 is 1.96 bits per heavy atom. The van der Waals surface area contributed by atoms with Crippen molar-refractivity contribution in [2.75, 3.05) is 19.8 Å². The first-order valence-corrected chi connectivity index (χ1v) is 9.53. The van der Waals surface area contributed by atoms with Crippen molar-refractivity contribution in [2.24, 2.45) is 10.1 Å². The Morgan fingerprint density at radius 1 is 1.29 bits per heavy atom. The van der Waals surface area contributed by atoms with Crippen LogP contribution < -0.4 is 0 Å². The summed E-state index contributed by atoms with van der Waals surface area (Å²) in [5, 5.41) is 12.6. The molecule has 2 aliphatic rings. The average Bonchev–Trinajstić information content (AvgIpc) is 3.17. The normalized spacial score (nSPS) is 25.9. The van der Waals surface area contributed by atoms with Gasteiger partial charge < -0.3 is 19.0 Å². The Labute approximate surface area is 140 Å². The maximum absolute atomic E-state index is 13.0. The zero-order chi connectivity index (χ0) is 17.2. The van der Waals surface area contributed by atoms with Crippen molar-refractivity contribution in [3.8, 4) is 0 Å². The predicted molar refractivity (Wildman–Crippen MR) is 90.6 cm³/mol. The third kappa shape index (κ3) is 2.82. The Hall–Kier alpha value is -1.53. The third-order valence-corrected chi connectivity index (χ3v) is 6.59. The molecule has 0 saturated heterocycles. The molecular formula is C16H21N2O5P. The molecule has 0 bridgehead atoms. The van der Waals surface area contributed by atoms with Crippen molar-refractivity contribution in [2.45, 2.75) is 31.7 Å². The number of aliphatic hydroxyl groups excluding tert-OH is 1. The molecule has 3 rings (SSSR count). The van der Waals surface area contributed by atoms with E-state index in [4.69, 9.17) is 13.9 Å². The maximum atomic E-state index is 13.0. The van der Waals surface area contributed by atoms with Crippen LogP contribution in [0.15, 0.2) is 40.5 Å². The van der Waals surface area contributed by atoms with E-state index in [-0.39, 0.29) is 13.2 Å². The van der Waals surface area contributed by atoms with Gasteiger partial charge in [0.2, 0.25) is 5.28 Å². The van der Waals surface area contributed by atoms with Gasteiger partial charge in [0.1, 0.15) is 5.71 Å². The molecule has 0 saturated carbocycles. The largest absolute Gasteiger partial charge is 0.393 e. The second kappa shape index (κ2) is 6.76. The third-order valence-electron chi connectivity index (χ3n) is 4.02. The number of aliphatic imine (C=N–C) groups is 1. The van der Waals surface area contributed by atoms with E-state index in [1.807, 2.05) is 30.3 Å². The van der Waals surface area contributed by atoms with E-state index >= 15 is 0 Å². The van der Waals surface area contributed by atoms with Gasteiger partial charge in [0, 0.05) is 6.42 Å². The predicted octanol–water partition coefficient (Wildman–Crippen LogP) is 2.59. The highest BCUT2D eigenvalue weighted by molar-refractivity contribution is 7.57. The molecule has 1 aromatic rings. The molecule has 0 radical (unpaired) electrons. The minimum Gasteiger partial charge on any atom is -0.393 e. The standard InChI is InChI=1S/C16H21N2O5P/c1-3-21-24(20,22-4-2)16(11-19)15(17-16)14-10-13(18-23-14)12-8-6-5-7-9-12/h5-9,14,19H,3-4,10-11H2,1-2H3. The van der Waals surface area contributed by atoms with Crippen LogP contribution in [0.5, 0.6) is 0 Å². The first-order valence-electron chi connectivity index (χ1n) is 7.98. The number of rotatable bonds is 8. The van der Waals surface area contributed by atoms with Crippen molar-refractivity contribution < 1.29 is 23.6 Å². The molecule has 2 heterocycles. The molecule has 0 aliphatic carbocycles. The van der Waals surface area contributed by atoms with E-state index in [0.717, 1.165) is 11.3 Å². The first kappa shape index (κ1) is 17.3. The summed E-state index contributed by atoms with van der Waals surface area (Å²) >= 11 is 0. The fraction of sp³-hybridized carbons (Fsp3) is 0.500. The number of oxime groups is 1. The van der Waals surface area contributed by atoms with Gasteiger partial charge in [0.05, 0.1) is 25.5 Å². The Balaban J connectivity index is 1.74. The van der Waals surface area contributed by atoms with Gasteiger partial charge in [-0.2, -0.15) is 0 Å². The summed E-state index contributed by atoms with van der Waals surface area (Å²) in [5.41, 5.74) is 2.25. The van der Waals surface area contributed by atoms with Gasteiger partial charge in [-0.25, -0.2) is 0 Å². The van der Waals surface area contributed by atoms with Crippen LogP contribution >= 0.6 is 7.60 Å². The molecule has 7 nitrogen and oxygen atoms in total. The molecule has 0 fully saturated rings. The van der Waals surface area contributed by atoms with E-state index in [9.17, 15) is 9.67 Å². The lowest BCUT2D eigenvalue weighted by Crippen LogP contribution is -2.33. The molecule has 0 spiro atoms. The highest BCUT2D eigenvalue weighted by Crippen LogP contribution is 2.67. The molecule has 2 aliphatic heterocycles.